The van der Waals surface area contributed by atoms with Gasteiger partial charge in [-0.2, -0.15) is 0 Å². The highest BCUT2D eigenvalue weighted by Crippen LogP contribution is 2.21. The number of carbonyl (C=O) groups excluding carboxylic acids is 1. The maximum absolute atomic E-state index is 12.5. The molecule has 0 saturated carbocycles. The largest absolute Gasteiger partial charge is 0.372 e. The minimum absolute atomic E-state index is 0.00675. The summed E-state index contributed by atoms with van der Waals surface area (Å²) in [5, 5.41) is -0.00675. The van der Waals surface area contributed by atoms with Crippen molar-refractivity contribution in [1.82, 2.24) is 4.90 Å². The first-order valence-corrected chi connectivity index (χ1v) is 8.21. The summed E-state index contributed by atoms with van der Waals surface area (Å²) in [5.41, 5.74) is 1.26. The molecule has 1 aromatic rings. The van der Waals surface area contributed by atoms with Crippen LogP contribution in [-0.2, 0) is 15.3 Å². The Kier molecular flexibility index (Phi) is 5.49. The predicted molar refractivity (Wildman–Crippen MR) is 83.8 cm³/mol. The normalized spacial score (nSPS) is 24.4. The van der Waals surface area contributed by atoms with Crippen molar-refractivity contribution in [3.63, 3.8) is 0 Å². The second-order valence-electron chi connectivity index (χ2n) is 5.44. The maximum atomic E-state index is 12.5. The summed E-state index contributed by atoms with van der Waals surface area (Å²) in [6, 6.07) is 10.3. The van der Waals surface area contributed by atoms with Gasteiger partial charge in [-0.3, -0.25) is 4.79 Å². The molecule has 110 valence electrons. The summed E-state index contributed by atoms with van der Waals surface area (Å²) in [6.45, 7) is 7.47. The monoisotopic (exact) mass is 293 g/mol. The van der Waals surface area contributed by atoms with Crippen molar-refractivity contribution in [2.75, 3.05) is 13.1 Å². The van der Waals surface area contributed by atoms with E-state index in [0.29, 0.717) is 13.1 Å². The van der Waals surface area contributed by atoms with Gasteiger partial charge in [-0.15, -0.1) is 11.8 Å². The lowest BCUT2D eigenvalue weighted by atomic mass is 10.2. The average Bonchev–Trinajstić information content (AvgIpc) is 2.44. The minimum Gasteiger partial charge on any atom is -0.372 e. The molecule has 20 heavy (non-hydrogen) atoms. The number of hydrogen-bond acceptors (Lipinski definition) is 3. The zero-order valence-corrected chi connectivity index (χ0v) is 13.2. The smallest absolute Gasteiger partial charge is 0.235 e. The van der Waals surface area contributed by atoms with Gasteiger partial charge in [-0.1, -0.05) is 30.3 Å². The highest BCUT2D eigenvalue weighted by atomic mass is 32.2. The van der Waals surface area contributed by atoms with Gasteiger partial charge in [0.15, 0.2) is 0 Å². The molecule has 3 atom stereocenters. The van der Waals surface area contributed by atoms with Crippen LogP contribution in [-0.4, -0.2) is 41.4 Å². The number of benzene rings is 1. The molecule has 0 radical (unpaired) electrons. The number of ether oxygens (including phenoxy) is 1. The van der Waals surface area contributed by atoms with Gasteiger partial charge in [0, 0.05) is 18.8 Å². The first-order valence-electron chi connectivity index (χ1n) is 7.16. The lowest BCUT2D eigenvalue weighted by Gasteiger charge is -2.36. The maximum Gasteiger partial charge on any atom is 0.235 e. The van der Waals surface area contributed by atoms with Crippen LogP contribution < -0.4 is 0 Å². The van der Waals surface area contributed by atoms with E-state index >= 15 is 0 Å². The number of hydrogen-bond donors (Lipinski definition) is 0. The van der Waals surface area contributed by atoms with Crippen molar-refractivity contribution >= 4 is 17.7 Å². The second-order valence-corrected chi connectivity index (χ2v) is 6.77. The molecule has 4 heteroatoms. The minimum atomic E-state index is -0.00675. The molecule has 1 aliphatic heterocycles. The van der Waals surface area contributed by atoms with E-state index < -0.39 is 0 Å². The Bertz CT molecular complexity index is 427. The predicted octanol–water partition coefficient (Wildman–Crippen LogP) is 2.94. The van der Waals surface area contributed by atoms with Crippen LogP contribution in [0.2, 0.25) is 0 Å². The highest BCUT2D eigenvalue weighted by Gasteiger charge is 2.28. The molecule has 0 spiro atoms. The van der Waals surface area contributed by atoms with Gasteiger partial charge < -0.3 is 9.64 Å². The molecule has 0 aliphatic carbocycles. The van der Waals surface area contributed by atoms with Crippen LogP contribution in [0.3, 0.4) is 0 Å². The Labute approximate surface area is 125 Å². The van der Waals surface area contributed by atoms with Crippen molar-refractivity contribution in [1.29, 1.82) is 0 Å². The third-order valence-electron chi connectivity index (χ3n) is 3.42. The molecule has 1 aliphatic rings. The number of rotatable bonds is 4. The Morgan fingerprint density at radius 1 is 1.30 bits per heavy atom. The summed E-state index contributed by atoms with van der Waals surface area (Å²) in [4.78, 5) is 14.4. The van der Waals surface area contributed by atoms with Crippen LogP contribution in [0.1, 0.15) is 26.3 Å². The molecule has 2 rings (SSSR count). The van der Waals surface area contributed by atoms with Gasteiger partial charge in [0.25, 0.3) is 0 Å². The van der Waals surface area contributed by atoms with E-state index in [-0.39, 0.29) is 23.4 Å². The number of nitrogens with zero attached hydrogens (tertiary/aromatic N) is 1. The summed E-state index contributed by atoms with van der Waals surface area (Å²) < 4.78 is 5.67. The van der Waals surface area contributed by atoms with Crippen molar-refractivity contribution in [3.8, 4) is 0 Å². The van der Waals surface area contributed by atoms with Crippen LogP contribution >= 0.6 is 11.8 Å². The van der Waals surface area contributed by atoms with Crippen LogP contribution in [0.15, 0.2) is 30.3 Å². The van der Waals surface area contributed by atoms with Crippen LogP contribution in [0, 0.1) is 0 Å². The summed E-state index contributed by atoms with van der Waals surface area (Å²) in [5.74, 6) is 1.11. The molecule has 0 aromatic heterocycles. The molecular weight excluding hydrogens is 270 g/mol. The van der Waals surface area contributed by atoms with E-state index in [0.717, 1.165) is 5.75 Å². The van der Waals surface area contributed by atoms with Crippen LogP contribution in [0.25, 0.3) is 0 Å². The lowest BCUT2D eigenvalue weighted by Crippen LogP contribution is -2.50. The van der Waals surface area contributed by atoms with Gasteiger partial charge in [-0.05, 0) is 26.3 Å². The zero-order valence-electron chi connectivity index (χ0n) is 12.4. The lowest BCUT2D eigenvalue weighted by molar-refractivity contribution is -0.142. The quantitative estimate of drug-likeness (QED) is 0.855. The fraction of sp³-hybridized carbons (Fsp3) is 0.562. The van der Waals surface area contributed by atoms with Gasteiger partial charge in [0.1, 0.15) is 0 Å². The Morgan fingerprint density at radius 3 is 2.50 bits per heavy atom. The summed E-state index contributed by atoms with van der Waals surface area (Å²) in [6.07, 6.45) is 0.267. The molecule has 3 unspecified atom stereocenters. The molecule has 1 saturated heterocycles. The van der Waals surface area contributed by atoms with Crippen molar-refractivity contribution in [2.24, 2.45) is 0 Å². The van der Waals surface area contributed by atoms with E-state index in [1.165, 1.54) is 5.56 Å². The second kappa shape index (κ2) is 7.14. The molecule has 1 heterocycles. The third kappa shape index (κ3) is 4.25. The topological polar surface area (TPSA) is 29.5 Å². The number of thioether (sulfide) groups is 1. The molecule has 0 bridgehead atoms. The van der Waals surface area contributed by atoms with Crippen molar-refractivity contribution in [2.45, 2.75) is 44.0 Å². The zero-order chi connectivity index (χ0) is 14.5. The summed E-state index contributed by atoms with van der Waals surface area (Å²) >= 11 is 1.70. The Hall–Kier alpha value is -1.00. The Morgan fingerprint density at radius 2 is 1.90 bits per heavy atom. The highest BCUT2D eigenvalue weighted by molar-refractivity contribution is 7.99. The van der Waals surface area contributed by atoms with Gasteiger partial charge in [-0.25, -0.2) is 0 Å². The van der Waals surface area contributed by atoms with E-state index in [4.69, 9.17) is 4.74 Å². The molecule has 0 N–H and O–H groups in total. The van der Waals surface area contributed by atoms with Crippen LogP contribution in [0.4, 0.5) is 0 Å². The van der Waals surface area contributed by atoms with E-state index in [2.05, 4.69) is 12.1 Å². The summed E-state index contributed by atoms with van der Waals surface area (Å²) in [7, 11) is 0. The van der Waals surface area contributed by atoms with Crippen molar-refractivity contribution in [3.05, 3.63) is 35.9 Å². The molecule has 1 aromatic carbocycles. The van der Waals surface area contributed by atoms with E-state index in [1.54, 1.807) is 11.8 Å². The third-order valence-corrected chi connectivity index (χ3v) is 4.62. The number of morpholine rings is 1. The van der Waals surface area contributed by atoms with Gasteiger partial charge in [0.2, 0.25) is 5.91 Å². The molecule has 1 amide bonds. The van der Waals surface area contributed by atoms with Crippen LogP contribution in [0.5, 0.6) is 0 Å². The average molecular weight is 293 g/mol. The SMILES string of the molecule is CC1CN(C(=O)C(C)SCc2ccccc2)CC(C)O1. The first-order chi connectivity index (χ1) is 9.56. The van der Waals surface area contributed by atoms with Crippen molar-refractivity contribution < 1.29 is 9.53 Å². The first kappa shape index (κ1) is 15.4. The number of amides is 1. The fourth-order valence-corrected chi connectivity index (χ4v) is 3.41. The Balaban J connectivity index is 1.85. The van der Waals surface area contributed by atoms with E-state index in [9.17, 15) is 4.79 Å². The number of carbonyl (C=O) groups is 1. The molecule has 3 nitrogen and oxygen atoms in total. The van der Waals surface area contributed by atoms with Gasteiger partial charge >= 0.3 is 0 Å². The van der Waals surface area contributed by atoms with Gasteiger partial charge in [0.05, 0.1) is 17.5 Å². The molecular formula is C16H23NO2S. The van der Waals surface area contributed by atoms with E-state index in [1.807, 2.05) is 43.9 Å². The fourth-order valence-electron chi connectivity index (χ4n) is 2.48. The standard InChI is InChI=1S/C16H23NO2S/c1-12-9-17(10-13(2)19-12)16(18)14(3)20-11-15-7-5-4-6-8-15/h4-8,12-14H,9-11H2,1-3H3. The molecule has 1 fully saturated rings.